The van der Waals surface area contributed by atoms with Crippen LogP contribution in [0.2, 0.25) is 0 Å². The highest BCUT2D eigenvalue weighted by atomic mass is 16.5. The summed E-state index contributed by atoms with van der Waals surface area (Å²) >= 11 is 0. The zero-order valence-electron chi connectivity index (χ0n) is 13.8. The maximum Gasteiger partial charge on any atom is 0.225 e. The molecule has 0 aromatic heterocycles. The summed E-state index contributed by atoms with van der Waals surface area (Å²) in [4.78, 5) is 14.5. The molecule has 6 nitrogen and oxygen atoms in total. The van der Waals surface area contributed by atoms with Crippen LogP contribution >= 0.6 is 0 Å². The maximum atomic E-state index is 12.4. The minimum absolute atomic E-state index is 0.00913. The fraction of sp³-hybridized carbons (Fsp3) is 0.938. The van der Waals surface area contributed by atoms with Crippen molar-refractivity contribution in [1.82, 2.24) is 10.2 Å². The first-order valence-electron chi connectivity index (χ1n) is 8.45. The lowest BCUT2D eigenvalue weighted by atomic mass is 9.87. The van der Waals surface area contributed by atoms with Crippen molar-refractivity contribution in [3.05, 3.63) is 0 Å². The van der Waals surface area contributed by atoms with Crippen molar-refractivity contribution in [2.45, 2.75) is 38.9 Å². The van der Waals surface area contributed by atoms with Gasteiger partial charge in [-0.25, -0.2) is 0 Å². The standard InChI is InChI=1S/C16H30N2O4/c1-12(2)15-14(4-3-7-22-15)16(20)17-10-13(19)11-18-5-8-21-9-6-18/h12-15,19H,3-11H2,1-2H3,(H,17,20)/t13?,14-,15-/m0/s1. The Hall–Kier alpha value is -0.690. The highest BCUT2D eigenvalue weighted by Gasteiger charge is 2.33. The van der Waals surface area contributed by atoms with Gasteiger partial charge < -0.3 is 19.9 Å². The van der Waals surface area contributed by atoms with Crippen LogP contribution in [0.25, 0.3) is 0 Å². The second-order valence-electron chi connectivity index (χ2n) is 6.64. The number of carbonyl (C=O) groups excluding carboxylic acids is 1. The number of aliphatic hydroxyl groups is 1. The van der Waals surface area contributed by atoms with Crippen LogP contribution in [-0.2, 0) is 14.3 Å². The van der Waals surface area contributed by atoms with Crippen molar-refractivity contribution in [3.63, 3.8) is 0 Å². The third kappa shape index (κ3) is 5.19. The number of hydrogen-bond donors (Lipinski definition) is 2. The number of nitrogens with one attached hydrogen (secondary N) is 1. The van der Waals surface area contributed by atoms with Gasteiger partial charge in [0.1, 0.15) is 0 Å². The highest BCUT2D eigenvalue weighted by molar-refractivity contribution is 5.79. The molecule has 0 spiro atoms. The highest BCUT2D eigenvalue weighted by Crippen LogP contribution is 2.26. The smallest absolute Gasteiger partial charge is 0.225 e. The van der Waals surface area contributed by atoms with Gasteiger partial charge in [0.2, 0.25) is 5.91 Å². The summed E-state index contributed by atoms with van der Waals surface area (Å²) < 4.78 is 11.0. The molecule has 2 aliphatic heterocycles. The van der Waals surface area contributed by atoms with Crippen LogP contribution in [0.3, 0.4) is 0 Å². The largest absolute Gasteiger partial charge is 0.390 e. The molecule has 0 aliphatic carbocycles. The second-order valence-corrected chi connectivity index (χ2v) is 6.64. The predicted molar refractivity (Wildman–Crippen MR) is 83.6 cm³/mol. The number of ether oxygens (including phenoxy) is 2. The summed E-state index contributed by atoms with van der Waals surface area (Å²) in [5.74, 6) is 0.248. The monoisotopic (exact) mass is 314 g/mol. The molecule has 1 unspecified atom stereocenters. The molecule has 128 valence electrons. The number of aliphatic hydroxyl groups excluding tert-OH is 1. The summed E-state index contributed by atoms with van der Waals surface area (Å²) in [5, 5.41) is 13.0. The van der Waals surface area contributed by atoms with E-state index in [0.717, 1.165) is 32.5 Å². The van der Waals surface area contributed by atoms with Crippen LogP contribution in [0.4, 0.5) is 0 Å². The third-order valence-corrected chi connectivity index (χ3v) is 4.44. The zero-order chi connectivity index (χ0) is 15.9. The molecule has 2 rings (SSSR count). The van der Waals surface area contributed by atoms with Crippen LogP contribution in [0.1, 0.15) is 26.7 Å². The molecule has 2 N–H and O–H groups in total. The normalized spacial score (nSPS) is 28.5. The molecule has 2 fully saturated rings. The quantitative estimate of drug-likeness (QED) is 0.735. The number of nitrogens with zero attached hydrogens (tertiary/aromatic N) is 1. The van der Waals surface area contributed by atoms with Gasteiger partial charge in [0.15, 0.2) is 0 Å². The van der Waals surface area contributed by atoms with Crippen molar-refractivity contribution in [3.8, 4) is 0 Å². The first kappa shape index (κ1) is 17.7. The molecule has 2 heterocycles. The average molecular weight is 314 g/mol. The molecule has 2 saturated heterocycles. The SMILES string of the molecule is CC(C)[C@@H]1OCCC[C@@H]1C(=O)NCC(O)CN1CCOCC1. The van der Waals surface area contributed by atoms with Gasteiger partial charge in [0.25, 0.3) is 0 Å². The van der Waals surface area contributed by atoms with Crippen molar-refractivity contribution in [2.24, 2.45) is 11.8 Å². The molecule has 0 aromatic rings. The maximum absolute atomic E-state index is 12.4. The Morgan fingerprint density at radius 1 is 1.32 bits per heavy atom. The van der Waals surface area contributed by atoms with Crippen LogP contribution in [0, 0.1) is 11.8 Å². The Kier molecular flexibility index (Phi) is 7.08. The van der Waals surface area contributed by atoms with E-state index >= 15 is 0 Å². The number of morpholine rings is 1. The minimum Gasteiger partial charge on any atom is -0.390 e. The molecule has 22 heavy (non-hydrogen) atoms. The summed E-state index contributed by atoms with van der Waals surface area (Å²) in [6.45, 7) is 8.92. The molecular formula is C16H30N2O4. The Balaban J connectivity index is 1.73. The number of hydrogen-bond acceptors (Lipinski definition) is 5. The van der Waals surface area contributed by atoms with E-state index in [4.69, 9.17) is 9.47 Å². The Labute approximate surface area is 133 Å². The van der Waals surface area contributed by atoms with Gasteiger partial charge in [-0.3, -0.25) is 9.69 Å². The molecule has 6 heteroatoms. The van der Waals surface area contributed by atoms with E-state index in [-0.39, 0.29) is 17.9 Å². The number of β-amino-alcohol motifs (C(OH)–C–C–N with tert-alkyl or cyclic N) is 1. The van der Waals surface area contributed by atoms with Gasteiger partial charge in [-0.05, 0) is 18.8 Å². The fourth-order valence-corrected chi connectivity index (χ4v) is 3.24. The van der Waals surface area contributed by atoms with Crippen molar-refractivity contribution in [2.75, 3.05) is 46.0 Å². The topological polar surface area (TPSA) is 71.0 Å². The van der Waals surface area contributed by atoms with Gasteiger partial charge in [-0.15, -0.1) is 0 Å². The van der Waals surface area contributed by atoms with Crippen molar-refractivity contribution < 1.29 is 19.4 Å². The molecule has 0 aromatic carbocycles. The lowest BCUT2D eigenvalue weighted by molar-refractivity contribution is -0.137. The van der Waals surface area contributed by atoms with Crippen molar-refractivity contribution in [1.29, 1.82) is 0 Å². The fourth-order valence-electron chi connectivity index (χ4n) is 3.24. The van der Waals surface area contributed by atoms with Gasteiger partial charge >= 0.3 is 0 Å². The molecular weight excluding hydrogens is 284 g/mol. The summed E-state index contributed by atoms with van der Waals surface area (Å²) in [5.41, 5.74) is 0. The van der Waals surface area contributed by atoms with Crippen LogP contribution in [-0.4, -0.2) is 74.1 Å². The van der Waals surface area contributed by atoms with E-state index in [1.165, 1.54) is 0 Å². The zero-order valence-corrected chi connectivity index (χ0v) is 13.8. The van der Waals surface area contributed by atoms with Crippen LogP contribution in [0.15, 0.2) is 0 Å². The van der Waals surface area contributed by atoms with Crippen molar-refractivity contribution >= 4 is 5.91 Å². The summed E-state index contributed by atoms with van der Waals surface area (Å²) in [6, 6.07) is 0. The van der Waals surface area contributed by atoms with E-state index in [1.807, 2.05) is 0 Å². The summed E-state index contributed by atoms with van der Waals surface area (Å²) in [6.07, 6.45) is 1.25. The number of rotatable bonds is 6. The molecule has 0 bridgehead atoms. The van der Waals surface area contributed by atoms with Gasteiger partial charge in [0.05, 0.1) is 31.3 Å². The van der Waals surface area contributed by atoms with Gasteiger partial charge in [-0.2, -0.15) is 0 Å². The minimum atomic E-state index is -0.538. The molecule has 0 radical (unpaired) electrons. The van der Waals surface area contributed by atoms with E-state index in [2.05, 4.69) is 24.1 Å². The Morgan fingerprint density at radius 3 is 2.73 bits per heavy atom. The lowest BCUT2D eigenvalue weighted by Crippen LogP contribution is -2.48. The molecule has 3 atom stereocenters. The first-order chi connectivity index (χ1) is 10.6. The number of carbonyl (C=O) groups is 1. The first-order valence-corrected chi connectivity index (χ1v) is 8.45. The Morgan fingerprint density at radius 2 is 2.05 bits per heavy atom. The average Bonchev–Trinajstić information content (AvgIpc) is 2.53. The van der Waals surface area contributed by atoms with E-state index in [9.17, 15) is 9.90 Å². The summed E-state index contributed by atoms with van der Waals surface area (Å²) in [7, 11) is 0. The molecule has 2 aliphatic rings. The molecule has 0 saturated carbocycles. The van der Waals surface area contributed by atoms with E-state index in [0.29, 0.717) is 32.2 Å². The van der Waals surface area contributed by atoms with E-state index in [1.54, 1.807) is 0 Å². The second kappa shape index (κ2) is 8.82. The van der Waals surface area contributed by atoms with E-state index < -0.39 is 6.10 Å². The number of amides is 1. The van der Waals surface area contributed by atoms with Gasteiger partial charge in [-0.1, -0.05) is 13.8 Å². The predicted octanol–water partition coefficient (Wildman–Crippen LogP) is 0.247. The third-order valence-electron chi connectivity index (χ3n) is 4.44. The van der Waals surface area contributed by atoms with Crippen LogP contribution in [0.5, 0.6) is 0 Å². The van der Waals surface area contributed by atoms with Crippen LogP contribution < -0.4 is 5.32 Å². The molecule has 1 amide bonds. The van der Waals surface area contributed by atoms with Gasteiger partial charge in [0, 0.05) is 32.8 Å². The lowest BCUT2D eigenvalue weighted by Gasteiger charge is -2.34. The Bertz CT molecular complexity index is 345.